The van der Waals surface area contributed by atoms with E-state index in [0.717, 1.165) is 29.2 Å². The maximum atomic E-state index is 11.4. The molecule has 0 aliphatic carbocycles. The highest BCUT2D eigenvalue weighted by molar-refractivity contribution is 6.33. The first-order valence-corrected chi connectivity index (χ1v) is 8.25. The smallest absolute Gasteiger partial charge is 0.337 e. The number of hydrogen-bond acceptors (Lipinski definition) is 5. The van der Waals surface area contributed by atoms with Gasteiger partial charge in [-0.3, -0.25) is 15.0 Å². The van der Waals surface area contributed by atoms with E-state index in [1.807, 2.05) is 37.3 Å². The molecule has 130 valence electrons. The van der Waals surface area contributed by atoms with Gasteiger partial charge in [-0.15, -0.1) is 0 Å². The second-order valence-corrected chi connectivity index (χ2v) is 5.83. The maximum absolute atomic E-state index is 11.4. The lowest BCUT2D eigenvalue weighted by Gasteiger charge is -1.98. The van der Waals surface area contributed by atoms with Crippen LogP contribution in [0.25, 0.3) is 0 Å². The maximum Gasteiger partial charge on any atom is 0.337 e. The van der Waals surface area contributed by atoms with Crippen LogP contribution in [0.15, 0.2) is 75.3 Å². The van der Waals surface area contributed by atoms with E-state index in [0.29, 0.717) is 5.56 Å². The number of benzene rings is 2. The lowest BCUT2D eigenvalue weighted by molar-refractivity contribution is 0.0601. The fourth-order valence-corrected chi connectivity index (χ4v) is 2.35. The van der Waals surface area contributed by atoms with Gasteiger partial charge in [-0.2, -0.15) is 0 Å². The van der Waals surface area contributed by atoms with Gasteiger partial charge in [-0.05, 0) is 43.3 Å². The number of aliphatic imine (C=N–C) groups is 3. The number of ether oxygens (including phenoxy) is 1. The quantitative estimate of drug-likeness (QED) is 0.586. The highest BCUT2D eigenvalue weighted by Crippen LogP contribution is 2.16. The molecule has 5 heteroatoms. The molecule has 0 spiro atoms. The molecule has 1 aliphatic rings. The fraction of sp³-hybridized carbons (Fsp3) is 0.143. The van der Waals surface area contributed by atoms with Crippen LogP contribution < -0.4 is 0 Å². The van der Waals surface area contributed by atoms with Gasteiger partial charge in [0.2, 0.25) is 0 Å². The Bertz CT molecular complexity index is 905. The summed E-state index contributed by atoms with van der Waals surface area (Å²) in [6.07, 6.45) is 6.23. The molecule has 0 radical (unpaired) electrons. The lowest BCUT2D eigenvalue weighted by atomic mass is 10.2. The minimum atomic E-state index is -0.360. The van der Waals surface area contributed by atoms with Gasteiger partial charge >= 0.3 is 5.97 Å². The summed E-state index contributed by atoms with van der Waals surface area (Å²) in [6, 6.07) is 14.9. The molecular weight excluding hydrogens is 326 g/mol. The summed E-state index contributed by atoms with van der Waals surface area (Å²) in [5, 5.41) is 0. The molecule has 0 bridgehead atoms. The highest BCUT2D eigenvalue weighted by Gasteiger charge is 2.06. The average molecular weight is 345 g/mol. The van der Waals surface area contributed by atoms with E-state index < -0.39 is 0 Å². The van der Waals surface area contributed by atoms with Crippen molar-refractivity contribution in [2.24, 2.45) is 15.0 Å². The normalized spacial score (nSPS) is 13.9. The van der Waals surface area contributed by atoms with Crippen molar-refractivity contribution in [3.05, 3.63) is 71.4 Å². The Balaban J connectivity index is 1.61. The molecule has 0 aromatic heterocycles. The third-order valence-electron chi connectivity index (χ3n) is 3.82. The van der Waals surface area contributed by atoms with Gasteiger partial charge in [0.05, 0.1) is 41.7 Å². The van der Waals surface area contributed by atoms with Crippen LogP contribution in [-0.4, -0.2) is 31.2 Å². The number of esters is 1. The summed E-state index contributed by atoms with van der Waals surface area (Å²) in [4.78, 5) is 24.7. The summed E-state index contributed by atoms with van der Waals surface area (Å²) in [7, 11) is 1.36. The molecule has 0 saturated heterocycles. The van der Waals surface area contributed by atoms with E-state index in [1.54, 1.807) is 36.7 Å². The van der Waals surface area contributed by atoms with Crippen molar-refractivity contribution >= 4 is 35.5 Å². The van der Waals surface area contributed by atoms with E-state index in [-0.39, 0.29) is 5.97 Å². The topological polar surface area (TPSA) is 63.4 Å². The van der Waals surface area contributed by atoms with E-state index >= 15 is 0 Å². The Morgan fingerprint density at radius 1 is 1.00 bits per heavy atom. The van der Waals surface area contributed by atoms with Crippen molar-refractivity contribution in [3.63, 3.8) is 0 Å². The van der Waals surface area contributed by atoms with Crippen molar-refractivity contribution < 1.29 is 9.53 Å². The number of aryl methyl sites for hydroxylation is 1. The molecular formula is C21H19N3O2. The zero-order valence-corrected chi connectivity index (χ0v) is 14.7. The van der Waals surface area contributed by atoms with E-state index in [2.05, 4.69) is 19.7 Å². The zero-order valence-electron chi connectivity index (χ0n) is 14.7. The summed E-state index contributed by atoms with van der Waals surface area (Å²) < 4.78 is 4.67. The summed E-state index contributed by atoms with van der Waals surface area (Å²) >= 11 is 0. The summed E-state index contributed by atoms with van der Waals surface area (Å²) in [5.74, 6) is -0.360. The van der Waals surface area contributed by atoms with Gasteiger partial charge in [0.25, 0.3) is 0 Å². The van der Waals surface area contributed by atoms with Crippen LogP contribution in [0, 0.1) is 6.92 Å². The van der Waals surface area contributed by atoms with E-state index in [4.69, 9.17) is 0 Å². The van der Waals surface area contributed by atoms with Crippen molar-refractivity contribution in [2.45, 2.75) is 13.3 Å². The van der Waals surface area contributed by atoms with Crippen molar-refractivity contribution in [1.29, 1.82) is 0 Å². The molecule has 0 amide bonds. The number of carbonyl (C=O) groups excluding carboxylic acids is 1. The number of hydrogen-bond donors (Lipinski definition) is 0. The molecule has 26 heavy (non-hydrogen) atoms. The van der Waals surface area contributed by atoms with Gasteiger partial charge in [0.1, 0.15) is 0 Å². The first-order valence-electron chi connectivity index (χ1n) is 8.25. The Kier molecular flexibility index (Phi) is 5.49. The predicted molar refractivity (Wildman–Crippen MR) is 105 cm³/mol. The lowest BCUT2D eigenvalue weighted by Crippen LogP contribution is -1.99. The van der Waals surface area contributed by atoms with E-state index in [9.17, 15) is 4.79 Å². The molecule has 1 aliphatic heterocycles. The van der Waals surface area contributed by atoms with Gasteiger partial charge in [-0.1, -0.05) is 23.8 Å². The fourth-order valence-electron chi connectivity index (χ4n) is 2.35. The summed E-state index contributed by atoms with van der Waals surface area (Å²) in [5.41, 5.74) is 5.06. The standard InChI is InChI=1S/C21H19N3O2/c1-15-3-7-17(8-4-15)22-13-19-11-12-20(24-19)14-23-18-9-5-16(6-10-18)21(25)26-2/h3-10,12-14H,11H2,1-2H3. The highest BCUT2D eigenvalue weighted by atomic mass is 16.5. The van der Waals surface area contributed by atoms with Crippen LogP contribution in [0.3, 0.4) is 0 Å². The minimum Gasteiger partial charge on any atom is -0.465 e. The molecule has 2 aromatic rings. The zero-order chi connectivity index (χ0) is 18.4. The van der Waals surface area contributed by atoms with Crippen LogP contribution in [0.4, 0.5) is 11.4 Å². The Hall–Kier alpha value is -3.34. The minimum absolute atomic E-state index is 0.360. The Morgan fingerprint density at radius 2 is 1.62 bits per heavy atom. The predicted octanol–water partition coefficient (Wildman–Crippen LogP) is 4.62. The second-order valence-electron chi connectivity index (χ2n) is 5.83. The molecule has 1 heterocycles. The number of carbonyl (C=O) groups is 1. The summed E-state index contributed by atoms with van der Waals surface area (Å²) in [6.45, 7) is 2.05. The molecule has 2 aromatic carbocycles. The number of allylic oxidation sites excluding steroid dienone is 2. The molecule has 0 fully saturated rings. The van der Waals surface area contributed by atoms with E-state index in [1.165, 1.54) is 12.7 Å². The van der Waals surface area contributed by atoms with Crippen LogP contribution >= 0.6 is 0 Å². The second kappa shape index (κ2) is 8.16. The third kappa shape index (κ3) is 4.60. The van der Waals surface area contributed by atoms with Gasteiger partial charge in [0.15, 0.2) is 0 Å². The number of methoxy groups -OCH3 is 1. The SMILES string of the molecule is COC(=O)c1ccc(N=CC2=CCC(C=Nc3ccc(C)cc3)=N2)cc1. The average Bonchev–Trinajstić information content (AvgIpc) is 3.13. The number of nitrogens with zero attached hydrogens (tertiary/aromatic N) is 3. The Morgan fingerprint density at radius 3 is 2.27 bits per heavy atom. The van der Waals surface area contributed by atoms with Crippen molar-refractivity contribution in [1.82, 2.24) is 0 Å². The van der Waals surface area contributed by atoms with Crippen LogP contribution in [0.5, 0.6) is 0 Å². The molecule has 3 rings (SSSR count). The first kappa shape index (κ1) is 17.5. The largest absolute Gasteiger partial charge is 0.465 e. The third-order valence-corrected chi connectivity index (χ3v) is 3.82. The van der Waals surface area contributed by atoms with Gasteiger partial charge in [0, 0.05) is 12.6 Å². The first-order chi connectivity index (χ1) is 12.6. The van der Waals surface area contributed by atoms with Crippen molar-refractivity contribution in [3.8, 4) is 0 Å². The van der Waals surface area contributed by atoms with Crippen LogP contribution in [0.1, 0.15) is 22.3 Å². The van der Waals surface area contributed by atoms with Crippen molar-refractivity contribution in [2.75, 3.05) is 7.11 Å². The molecule has 0 unspecified atom stereocenters. The molecule has 0 N–H and O–H groups in total. The van der Waals surface area contributed by atoms with Gasteiger partial charge < -0.3 is 4.74 Å². The molecule has 5 nitrogen and oxygen atoms in total. The molecule has 0 atom stereocenters. The Labute approximate surface area is 152 Å². The van der Waals surface area contributed by atoms with Crippen LogP contribution in [0.2, 0.25) is 0 Å². The monoisotopic (exact) mass is 345 g/mol. The van der Waals surface area contributed by atoms with Crippen LogP contribution in [-0.2, 0) is 4.74 Å². The van der Waals surface area contributed by atoms with Gasteiger partial charge in [-0.25, -0.2) is 4.79 Å². The molecule has 0 saturated carbocycles. The number of rotatable bonds is 5.